The summed E-state index contributed by atoms with van der Waals surface area (Å²) >= 11 is 7.09. The lowest BCUT2D eigenvalue weighted by Crippen LogP contribution is -2.36. The predicted molar refractivity (Wildman–Crippen MR) is 122 cm³/mol. The largest absolute Gasteiger partial charge is 0.325 e. The van der Waals surface area contributed by atoms with Crippen LogP contribution in [0.4, 0.5) is 5.69 Å². The van der Waals surface area contributed by atoms with Crippen LogP contribution in [0.25, 0.3) is 11.3 Å². The molecule has 3 aromatic rings. The van der Waals surface area contributed by atoms with Gasteiger partial charge in [0, 0.05) is 27.3 Å². The summed E-state index contributed by atoms with van der Waals surface area (Å²) in [5.41, 5.74) is 3.94. The number of fused-ring (bicyclic) bond motifs is 3. The Morgan fingerprint density at radius 3 is 2.70 bits per heavy atom. The molecule has 30 heavy (non-hydrogen) atoms. The molecule has 1 aliphatic carbocycles. The zero-order chi connectivity index (χ0) is 21.3. The summed E-state index contributed by atoms with van der Waals surface area (Å²) in [5, 5.41) is 3.87. The number of rotatable bonds is 5. The van der Waals surface area contributed by atoms with Crippen molar-refractivity contribution in [2.45, 2.75) is 37.3 Å². The zero-order valence-electron chi connectivity index (χ0n) is 16.8. The lowest BCUT2D eigenvalue weighted by molar-refractivity contribution is -0.113. The van der Waals surface area contributed by atoms with Gasteiger partial charge in [-0.05, 0) is 42.7 Å². The number of amides is 1. The highest BCUT2D eigenvalue weighted by molar-refractivity contribution is 7.99. The molecule has 0 saturated carbocycles. The quantitative estimate of drug-likeness (QED) is 0.431. The third kappa shape index (κ3) is 4.02. The zero-order valence-corrected chi connectivity index (χ0v) is 18.4. The van der Waals surface area contributed by atoms with E-state index in [0.717, 1.165) is 29.7 Å². The van der Waals surface area contributed by atoms with E-state index in [2.05, 4.69) is 30.2 Å². The summed E-state index contributed by atoms with van der Waals surface area (Å²) in [6.45, 7) is 4.21. The van der Waals surface area contributed by atoms with Crippen molar-refractivity contribution in [1.29, 1.82) is 0 Å². The minimum absolute atomic E-state index is 0.125. The first-order valence-electron chi connectivity index (χ1n) is 9.81. The SMILES string of the molecule is CCC1(C)Cc2ccccc2-c2nc(SCC(=O)Nc3ccc(Cl)cc3)[nH]c(=O)c21. The molecule has 1 atom stereocenters. The van der Waals surface area contributed by atoms with Crippen molar-refractivity contribution >= 4 is 35.0 Å². The summed E-state index contributed by atoms with van der Waals surface area (Å²) in [6.07, 6.45) is 1.66. The Kier molecular flexibility index (Phi) is 5.71. The van der Waals surface area contributed by atoms with Gasteiger partial charge in [0.15, 0.2) is 5.16 Å². The van der Waals surface area contributed by atoms with Crippen LogP contribution in [0.5, 0.6) is 0 Å². The first kappa shape index (κ1) is 20.7. The van der Waals surface area contributed by atoms with Gasteiger partial charge in [0.05, 0.1) is 11.4 Å². The van der Waals surface area contributed by atoms with Crippen molar-refractivity contribution in [1.82, 2.24) is 9.97 Å². The maximum atomic E-state index is 13.0. The Morgan fingerprint density at radius 1 is 1.23 bits per heavy atom. The van der Waals surface area contributed by atoms with Crippen LogP contribution in [-0.4, -0.2) is 21.6 Å². The van der Waals surface area contributed by atoms with Gasteiger partial charge < -0.3 is 10.3 Å². The van der Waals surface area contributed by atoms with Crippen molar-refractivity contribution in [2.75, 3.05) is 11.1 Å². The van der Waals surface area contributed by atoms with Crippen LogP contribution in [0.2, 0.25) is 5.02 Å². The molecule has 4 rings (SSSR count). The average molecular weight is 440 g/mol. The van der Waals surface area contributed by atoms with Gasteiger partial charge in [0.2, 0.25) is 5.91 Å². The minimum atomic E-state index is -0.264. The fourth-order valence-corrected chi connectivity index (χ4v) is 4.64. The molecule has 0 aliphatic heterocycles. The molecule has 2 N–H and O–H groups in total. The van der Waals surface area contributed by atoms with E-state index in [1.807, 2.05) is 18.2 Å². The highest BCUT2D eigenvalue weighted by Crippen LogP contribution is 2.42. The Balaban J connectivity index is 1.59. The molecular weight excluding hydrogens is 418 g/mol. The summed E-state index contributed by atoms with van der Waals surface area (Å²) < 4.78 is 0. The van der Waals surface area contributed by atoms with Crippen molar-refractivity contribution in [2.24, 2.45) is 0 Å². The van der Waals surface area contributed by atoms with Gasteiger partial charge >= 0.3 is 0 Å². The highest BCUT2D eigenvalue weighted by atomic mass is 35.5. The summed E-state index contributed by atoms with van der Waals surface area (Å²) in [4.78, 5) is 33.0. The molecule has 2 aromatic carbocycles. The molecule has 0 fully saturated rings. The molecule has 1 heterocycles. The third-order valence-electron chi connectivity index (χ3n) is 5.60. The predicted octanol–water partition coefficient (Wildman–Crippen LogP) is 5.04. The first-order valence-corrected chi connectivity index (χ1v) is 11.2. The Hall–Kier alpha value is -2.57. The summed E-state index contributed by atoms with van der Waals surface area (Å²) in [5.74, 6) is -0.0432. The van der Waals surface area contributed by atoms with Crippen molar-refractivity contribution < 1.29 is 4.79 Å². The number of thioether (sulfide) groups is 1. The molecule has 0 spiro atoms. The second-order valence-electron chi connectivity index (χ2n) is 7.69. The maximum absolute atomic E-state index is 13.0. The van der Waals surface area contributed by atoms with E-state index in [4.69, 9.17) is 16.6 Å². The molecule has 1 aromatic heterocycles. The van der Waals surface area contributed by atoms with E-state index in [-0.39, 0.29) is 22.6 Å². The van der Waals surface area contributed by atoms with E-state index in [1.54, 1.807) is 24.3 Å². The van der Waals surface area contributed by atoms with E-state index in [1.165, 1.54) is 17.3 Å². The summed E-state index contributed by atoms with van der Waals surface area (Å²) in [6, 6.07) is 15.0. The van der Waals surface area contributed by atoms with Gasteiger partial charge in [0.25, 0.3) is 5.56 Å². The number of nitrogens with zero attached hydrogens (tertiary/aromatic N) is 1. The fourth-order valence-electron chi connectivity index (χ4n) is 3.86. The Bertz CT molecular complexity index is 1160. The van der Waals surface area contributed by atoms with Gasteiger partial charge in [-0.15, -0.1) is 0 Å². The van der Waals surface area contributed by atoms with E-state index in [0.29, 0.717) is 15.9 Å². The number of hydrogen-bond donors (Lipinski definition) is 2. The molecule has 1 unspecified atom stereocenters. The molecule has 7 heteroatoms. The third-order valence-corrected chi connectivity index (χ3v) is 6.73. The lowest BCUT2D eigenvalue weighted by atomic mass is 9.69. The molecule has 5 nitrogen and oxygen atoms in total. The van der Waals surface area contributed by atoms with Crippen molar-refractivity contribution in [3.8, 4) is 11.3 Å². The monoisotopic (exact) mass is 439 g/mol. The van der Waals surface area contributed by atoms with Crippen LogP contribution in [0.1, 0.15) is 31.4 Å². The second-order valence-corrected chi connectivity index (χ2v) is 9.09. The molecule has 154 valence electrons. The van der Waals surface area contributed by atoms with Gasteiger partial charge in [0.1, 0.15) is 0 Å². The van der Waals surface area contributed by atoms with Gasteiger partial charge in [-0.1, -0.05) is 61.5 Å². The van der Waals surface area contributed by atoms with Crippen LogP contribution < -0.4 is 10.9 Å². The average Bonchev–Trinajstić information content (AvgIpc) is 2.73. The number of anilines is 1. The molecular formula is C23H22ClN3O2S. The lowest BCUT2D eigenvalue weighted by Gasteiger charge is -2.34. The maximum Gasteiger partial charge on any atom is 0.255 e. The van der Waals surface area contributed by atoms with E-state index < -0.39 is 0 Å². The van der Waals surface area contributed by atoms with Crippen LogP contribution in [0.15, 0.2) is 58.5 Å². The fraction of sp³-hybridized carbons (Fsp3) is 0.261. The number of nitrogens with one attached hydrogen (secondary N) is 2. The second kappa shape index (κ2) is 8.28. The summed E-state index contributed by atoms with van der Waals surface area (Å²) in [7, 11) is 0. The van der Waals surface area contributed by atoms with Crippen LogP contribution >= 0.6 is 23.4 Å². The molecule has 1 amide bonds. The van der Waals surface area contributed by atoms with E-state index in [9.17, 15) is 9.59 Å². The van der Waals surface area contributed by atoms with E-state index >= 15 is 0 Å². The molecule has 0 bridgehead atoms. The highest BCUT2D eigenvalue weighted by Gasteiger charge is 2.37. The number of hydrogen-bond acceptors (Lipinski definition) is 4. The Morgan fingerprint density at radius 2 is 1.97 bits per heavy atom. The minimum Gasteiger partial charge on any atom is -0.325 e. The van der Waals surface area contributed by atoms with Gasteiger partial charge in [-0.3, -0.25) is 9.59 Å². The van der Waals surface area contributed by atoms with Crippen molar-refractivity contribution in [3.05, 3.63) is 75.0 Å². The molecule has 0 radical (unpaired) electrons. The van der Waals surface area contributed by atoms with Crippen LogP contribution in [0.3, 0.4) is 0 Å². The van der Waals surface area contributed by atoms with Crippen molar-refractivity contribution in [3.63, 3.8) is 0 Å². The smallest absolute Gasteiger partial charge is 0.255 e. The number of aromatic nitrogens is 2. The molecule has 1 aliphatic rings. The molecule has 0 saturated heterocycles. The Labute approximate surface area is 184 Å². The number of benzene rings is 2. The normalized spacial score (nSPS) is 17.2. The van der Waals surface area contributed by atoms with Gasteiger partial charge in [-0.2, -0.15) is 0 Å². The van der Waals surface area contributed by atoms with Gasteiger partial charge in [-0.25, -0.2) is 4.98 Å². The standard InChI is InChI=1S/C23H22ClN3O2S/c1-3-23(2)12-14-6-4-5-7-17(14)20-19(23)21(29)27-22(26-20)30-13-18(28)25-16-10-8-15(24)9-11-16/h4-11H,3,12-13H2,1-2H3,(H,25,28)(H,26,27,29). The number of carbonyl (C=O) groups is 1. The number of H-pyrrole nitrogens is 1. The number of halogens is 1. The number of aromatic amines is 1. The van der Waals surface area contributed by atoms with Crippen LogP contribution in [0, 0.1) is 0 Å². The topological polar surface area (TPSA) is 74.8 Å². The first-order chi connectivity index (χ1) is 14.4. The number of carbonyl (C=O) groups excluding carboxylic acids is 1. The van der Waals surface area contributed by atoms with Crippen LogP contribution in [-0.2, 0) is 16.6 Å².